The van der Waals surface area contributed by atoms with Gasteiger partial charge in [0.2, 0.25) is 0 Å². The number of benzene rings is 3. The van der Waals surface area contributed by atoms with Gasteiger partial charge in [0, 0.05) is 18.4 Å². The van der Waals surface area contributed by atoms with Crippen LogP contribution in [0.1, 0.15) is 85.6 Å². The normalized spacial score (nSPS) is 10.8. The van der Waals surface area contributed by atoms with Crippen molar-refractivity contribution in [2.45, 2.75) is 65.8 Å². The van der Waals surface area contributed by atoms with Crippen LogP contribution in [0.2, 0.25) is 0 Å². The largest absolute Gasteiger partial charge is 0.497 e. The molecule has 0 aliphatic rings. The van der Waals surface area contributed by atoms with Crippen molar-refractivity contribution in [3.8, 4) is 11.5 Å². The zero-order valence-electron chi connectivity index (χ0n) is 27.8. The van der Waals surface area contributed by atoms with Crippen molar-refractivity contribution in [1.82, 2.24) is 0 Å². The molecule has 3 aromatic rings. The lowest BCUT2D eigenvalue weighted by Gasteiger charge is -2.36. The summed E-state index contributed by atoms with van der Waals surface area (Å²) in [5, 5.41) is 9.92. The number of quaternary nitrogens is 1. The van der Waals surface area contributed by atoms with E-state index in [1.165, 1.54) is 31.2 Å². The number of hydrogen-bond acceptors (Lipinski definition) is 6. The van der Waals surface area contributed by atoms with Crippen LogP contribution in [0.4, 0.5) is 5.69 Å². The van der Waals surface area contributed by atoms with Crippen LogP contribution >= 0.6 is 0 Å². The lowest BCUT2D eigenvalue weighted by Crippen LogP contribution is -2.49. The predicted octanol–water partition coefficient (Wildman–Crippen LogP) is 7.51. The number of para-hydroxylation sites is 1. The van der Waals surface area contributed by atoms with Gasteiger partial charge in [0.05, 0.1) is 37.9 Å². The number of aliphatic hydroxyl groups is 1. The van der Waals surface area contributed by atoms with E-state index in [0.29, 0.717) is 42.3 Å². The second-order valence-corrected chi connectivity index (χ2v) is 11.0. The van der Waals surface area contributed by atoms with Gasteiger partial charge in [0.15, 0.2) is 0 Å². The molecule has 8 heteroatoms. The molecular weight excluding hydrogens is 568 g/mol. The summed E-state index contributed by atoms with van der Waals surface area (Å²) in [6.45, 7) is 10.8. The first-order valence-electron chi connectivity index (χ1n) is 16.2. The highest BCUT2D eigenvalue weighted by Crippen LogP contribution is 2.22. The highest BCUT2D eigenvalue weighted by atomic mass is 16.5. The van der Waals surface area contributed by atoms with Gasteiger partial charge in [-0.25, -0.2) is 4.79 Å². The minimum atomic E-state index is -0.377. The summed E-state index contributed by atoms with van der Waals surface area (Å²) in [7, 11) is 2.67. The van der Waals surface area contributed by atoms with Gasteiger partial charge in [0.25, 0.3) is 5.91 Å². The van der Waals surface area contributed by atoms with Crippen LogP contribution in [-0.4, -0.2) is 68.5 Å². The number of esters is 1. The first-order valence-corrected chi connectivity index (χ1v) is 16.2. The van der Waals surface area contributed by atoms with Gasteiger partial charge in [-0.2, -0.15) is 0 Å². The van der Waals surface area contributed by atoms with Crippen molar-refractivity contribution in [3.63, 3.8) is 0 Å². The molecule has 3 rings (SSSR count). The van der Waals surface area contributed by atoms with Crippen LogP contribution in [0.25, 0.3) is 0 Å². The molecule has 0 aliphatic heterocycles. The molecule has 0 spiro atoms. The molecule has 246 valence electrons. The number of ether oxygens (including phenoxy) is 3. The average Bonchev–Trinajstić information content (AvgIpc) is 3.08. The smallest absolute Gasteiger partial charge is 0.338 e. The second-order valence-electron chi connectivity index (χ2n) is 11.0. The molecule has 3 aromatic carbocycles. The molecule has 0 saturated carbocycles. The Kier molecular flexibility index (Phi) is 17.4. The van der Waals surface area contributed by atoms with Crippen molar-refractivity contribution in [1.29, 1.82) is 0 Å². The number of nitrogens with one attached hydrogen (secondary N) is 1. The third kappa shape index (κ3) is 12.6. The van der Waals surface area contributed by atoms with E-state index in [9.17, 15) is 9.59 Å². The molecule has 0 fully saturated rings. The number of aliphatic hydroxyl groups excluding tert-OH is 1. The summed E-state index contributed by atoms with van der Waals surface area (Å²) in [6.07, 6.45) is 7.07. The van der Waals surface area contributed by atoms with E-state index in [2.05, 4.69) is 38.2 Å². The van der Waals surface area contributed by atoms with Crippen LogP contribution in [-0.2, 0) is 11.3 Å². The predicted molar refractivity (Wildman–Crippen MR) is 181 cm³/mol. The molecule has 2 N–H and O–H groups in total. The minimum Gasteiger partial charge on any atom is -0.497 e. The molecular formula is C37H53N2O6+. The van der Waals surface area contributed by atoms with Crippen LogP contribution in [0, 0.1) is 0 Å². The monoisotopic (exact) mass is 621 g/mol. The molecule has 0 aromatic heterocycles. The number of rotatable bonds is 19. The van der Waals surface area contributed by atoms with Crippen LogP contribution < -0.4 is 14.8 Å². The molecule has 0 atom stereocenters. The van der Waals surface area contributed by atoms with Crippen molar-refractivity contribution in [2.24, 2.45) is 0 Å². The summed E-state index contributed by atoms with van der Waals surface area (Å²) in [5.74, 6) is 0.792. The summed E-state index contributed by atoms with van der Waals surface area (Å²) in [5.41, 5.74) is 2.72. The van der Waals surface area contributed by atoms with E-state index >= 15 is 0 Å². The van der Waals surface area contributed by atoms with E-state index in [-0.39, 0.29) is 11.9 Å². The molecule has 8 nitrogen and oxygen atoms in total. The minimum absolute atomic E-state index is 0.252. The topological polar surface area (TPSA) is 94.1 Å². The molecule has 0 bridgehead atoms. The first-order chi connectivity index (χ1) is 21.9. The molecule has 0 aliphatic carbocycles. The Hall–Kier alpha value is -3.88. The van der Waals surface area contributed by atoms with Crippen molar-refractivity contribution in [2.75, 3.05) is 52.4 Å². The number of methoxy groups -OCH3 is 1. The lowest BCUT2D eigenvalue weighted by molar-refractivity contribution is -0.937. The highest BCUT2D eigenvalue weighted by molar-refractivity contribution is 6.06. The van der Waals surface area contributed by atoms with Crippen LogP contribution in [0.3, 0.4) is 0 Å². The zero-order valence-corrected chi connectivity index (χ0v) is 27.8. The Labute approximate surface area is 269 Å². The molecule has 0 unspecified atom stereocenters. The Morgan fingerprint density at radius 3 is 2.18 bits per heavy atom. The number of nitrogens with zero attached hydrogens (tertiary/aromatic N) is 1. The fourth-order valence-corrected chi connectivity index (χ4v) is 5.15. The first kappa shape index (κ1) is 37.3. The number of unbranched alkanes of at least 4 members (excludes halogenated alkanes) is 5. The molecule has 45 heavy (non-hydrogen) atoms. The van der Waals surface area contributed by atoms with Gasteiger partial charge in [0.1, 0.15) is 31.2 Å². The van der Waals surface area contributed by atoms with E-state index in [4.69, 9.17) is 19.3 Å². The Bertz CT molecular complexity index is 1270. The number of anilines is 1. The molecule has 0 heterocycles. The average molecular weight is 622 g/mol. The third-order valence-electron chi connectivity index (χ3n) is 8.06. The SMILES string of the molecule is CCCCCCCCOc1ccccc1C(=O)Nc1ccc(C(=O)OCC[N+](CC)(CC)Cc2cccc(OC)c2)cc1.CO. The fraction of sp³-hybridized carbons (Fsp3) is 0.459. The Balaban J connectivity index is 0.00000345. The van der Waals surface area contributed by atoms with Crippen molar-refractivity contribution >= 4 is 17.6 Å². The third-order valence-corrected chi connectivity index (χ3v) is 8.06. The van der Waals surface area contributed by atoms with Crippen LogP contribution in [0.5, 0.6) is 11.5 Å². The highest BCUT2D eigenvalue weighted by Gasteiger charge is 2.25. The van der Waals surface area contributed by atoms with Gasteiger partial charge in [-0.05, 0) is 68.8 Å². The number of carbonyl (C=O) groups is 2. The standard InChI is InChI=1S/C36H48N2O5.CH4O/c1-5-8-9-10-11-14-25-42-34-19-13-12-18-33(34)35(39)37-31-22-20-30(21-23-31)36(40)43-26-24-38(6-2,7-3)28-29-16-15-17-32(27-29)41-4;1-2/h12-13,15-23,27H,5-11,14,24-26,28H2,1-4H3;2H,1H3/p+1. The maximum Gasteiger partial charge on any atom is 0.338 e. The second kappa shape index (κ2) is 21.0. The fourth-order valence-electron chi connectivity index (χ4n) is 5.15. The Morgan fingerprint density at radius 1 is 0.800 bits per heavy atom. The maximum absolute atomic E-state index is 13.0. The van der Waals surface area contributed by atoms with Gasteiger partial charge in [-0.15, -0.1) is 0 Å². The molecule has 1 amide bonds. The quantitative estimate of drug-likeness (QED) is 0.0818. The summed E-state index contributed by atoms with van der Waals surface area (Å²) in [4.78, 5) is 25.8. The summed E-state index contributed by atoms with van der Waals surface area (Å²) in [6, 6.07) is 22.2. The van der Waals surface area contributed by atoms with Gasteiger partial charge >= 0.3 is 5.97 Å². The van der Waals surface area contributed by atoms with E-state index in [1.807, 2.05) is 30.3 Å². The van der Waals surface area contributed by atoms with E-state index < -0.39 is 0 Å². The summed E-state index contributed by atoms with van der Waals surface area (Å²) < 4.78 is 17.8. The van der Waals surface area contributed by atoms with Crippen molar-refractivity contribution < 1.29 is 33.4 Å². The number of likely N-dealkylation sites (N-methyl/N-ethyl adjacent to an activating group) is 1. The molecule has 0 radical (unpaired) electrons. The lowest BCUT2D eigenvalue weighted by atomic mass is 10.1. The number of hydrogen-bond donors (Lipinski definition) is 2. The molecule has 0 saturated heterocycles. The number of carbonyl (C=O) groups excluding carboxylic acids is 2. The Morgan fingerprint density at radius 2 is 1.49 bits per heavy atom. The van der Waals surface area contributed by atoms with Gasteiger partial charge in [-0.3, -0.25) is 4.79 Å². The zero-order chi connectivity index (χ0) is 32.9. The maximum atomic E-state index is 13.0. The number of amides is 1. The van der Waals surface area contributed by atoms with E-state index in [0.717, 1.165) is 49.8 Å². The van der Waals surface area contributed by atoms with Gasteiger partial charge in [-0.1, -0.05) is 63.3 Å². The van der Waals surface area contributed by atoms with E-state index in [1.54, 1.807) is 37.4 Å². The van der Waals surface area contributed by atoms with Crippen molar-refractivity contribution in [3.05, 3.63) is 89.5 Å². The van der Waals surface area contributed by atoms with Crippen LogP contribution in [0.15, 0.2) is 72.8 Å². The summed E-state index contributed by atoms with van der Waals surface area (Å²) >= 11 is 0. The van der Waals surface area contributed by atoms with Gasteiger partial charge < -0.3 is 29.1 Å².